The first-order valence-electron chi connectivity index (χ1n) is 15.4. The van der Waals surface area contributed by atoms with E-state index < -0.39 is 23.6 Å². The molecule has 1 saturated heterocycles. The molecular formula is C33H47NO9. The van der Waals surface area contributed by atoms with Crippen molar-refractivity contribution < 1.29 is 44.2 Å². The van der Waals surface area contributed by atoms with Gasteiger partial charge in [-0.05, 0) is 80.5 Å². The number of aryl methyl sites for hydroxylation is 1. The summed E-state index contributed by atoms with van der Waals surface area (Å²) in [5.74, 6) is 0.0638. The summed E-state index contributed by atoms with van der Waals surface area (Å²) < 4.78 is 23.3. The van der Waals surface area contributed by atoms with E-state index in [4.69, 9.17) is 18.9 Å². The average Bonchev–Trinajstić information content (AvgIpc) is 3.00. The first kappa shape index (κ1) is 32.7. The first-order chi connectivity index (χ1) is 20.7. The lowest BCUT2D eigenvalue weighted by atomic mass is 9.70. The van der Waals surface area contributed by atoms with Crippen molar-refractivity contribution in [2.24, 2.45) is 5.41 Å². The molecule has 1 heterocycles. The van der Waals surface area contributed by atoms with Crippen LogP contribution in [0.2, 0.25) is 0 Å². The van der Waals surface area contributed by atoms with Crippen LogP contribution < -0.4 is 19.5 Å². The number of aliphatic hydroxyl groups is 1. The lowest BCUT2D eigenvalue weighted by molar-refractivity contribution is -0.152. The topological polar surface area (TPSA) is 147 Å². The Kier molecular flexibility index (Phi) is 11.4. The monoisotopic (exact) mass is 601 g/mol. The fourth-order valence-corrected chi connectivity index (χ4v) is 6.52. The highest BCUT2D eigenvalue weighted by atomic mass is 16.5. The summed E-state index contributed by atoms with van der Waals surface area (Å²) in [6.45, 7) is 2.81. The Balaban J connectivity index is 1.47. The molecule has 5 N–H and O–H groups in total. The normalized spacial score (nSPS) is 22.5. The van der Waals surface area contributed by atoms with Crippen LogP contribution in [0.25, 0.3) is 0 Å². The van der Waals surface area contributed by atoms with Crippen LogP contribution in [0.3, 0.4) is 0 Å². The quantitative estimate of drug-likeness (QED) is 0.198. The molecule has 10 nitrogen and oxygen atoms in total. The molecule has 10 heteroatoms. The van der Waals surface area contributed by atoms with E-state index in [2.05, 4.69) is 5.32 Å². The van der Waals surface area contributed by atoms with E-state index in [9.17, 15) is 25.2 Å². The number of aliphatic hydroxyl groups excluding tert-OH is 1. The van der Waals surface area contributed by atoms with Gasteiger partial charge in [-0.25, -0.2) is 0 Å². The van der Waals surface area contributed by atoms with E-state index >= 15 is 0 Å². The second-order valence-corrected chi connectivity index (χ2v) is 11.9. The molecule has 2 aromatic rings. The Hall–Kier alpha value is -3.21. The van der Waals surface area contributed by atoms with Gasteiger partial charge in [0, 0.05) is 12.5 Å². The van der Waals surface area contributed by atoms with Gasteiger partial charge in [-0.3, -0.25) is 4.79 Å². The number of benzene rings is 2. The first-order valence-corrected chi connectivity index (χ1v) is 15.4. The van der Waals surface area contributed by atoms with Crippen LogP contribution in [0.15, 0.2) is 30.3 Å². The van der Waals surface area contributed by atoms with Gasteiger partial charge >= 0.3 is 5.97 Å². The number of ether oxygens (including phenoxy) is 4. The molecule has 1 aliphatic heterocycles. The van der Waals surface area contributed by atoms with Crippen LogP contribution in [0.1, 0.15) is 81.9 Å². The minimum Gasteiger partial charge on any atom is -0.504 e. The minimum absolute atomic E-state index is 0.0853. The highest BCUT2D eigenvalue weighted by Gasteiger charge is 2.41. The summed E-state index contributed by atoms with van der Waals surface area (Å²) >= 11 is 0. The van der Waals surface area contributed by atoms with Gasteiger partial charge in [0.2, 0.25) is 5.75 Å². The number of methoxy groups -OCH3 is 2. The molecule has 4 unspecified atom stereocenters. The molecule has 43 heavy (non-hydrogen) atoms. The fourth-order valence-electron chi connectivity index (χ4n) is 6.52. The SMILES string of the molecule is CCNC(COc1cc(C2CC(O)CC(CCc3ccc(O)c(OC)c3)O2)cc(OC)c1O)CC1(C(=O)O)CCCCC1. The maximum absolute atomic E-state index is 12.3. The van der Waals surface area contributed by atoms with E-state index in [1.165, 1.54) is 14.2 Å². The van der Waals surface area contributed by atoms with E-state index in [-0.39, 0.29) is 41.8 Å². The third-order valence-electron chi connectivity index (χ3n) is 8.87. The van der Waals surface area contributed by atoms with Crippen LogP contribution in [0.5, 0.6) is 28.7 Å². The lowest BCUT2D eigenvalue weighted by Crippen LogP contribution is -2.44. The standard InChI is InChI=1S/C33H47NO9/c1-4-34-23(19-33(32(38)39)12-6-5-7-13-33)20-42-30-16-22(15-29(41-3)31(30)37)27-18-24(35)17-25(43-27)10-8-21-9-11-26(36)28(14-21)40-2/h9,11,14-16,23-25,27,34-37H,4-8,10,12-13,17-20H2,1-3H3,(H,38,39). The molecule has 0 spiro atoms. The number of carboxylic acids is 1. The van der Waals surface area contributed by atoms with E-state index in [0.717, 1.165) is 24.8 Å². The molecule has 1 saturated carbocycles. The zero-order chi connectivity index (χ0) is 31.0. The second-order valence-electron chi connectivity index (χ2n) is 11.9. The number of hydrogen-bond acceptors (Lipinski definition) is 9. The van der Waals surface area contributed by atoms with Gasteiger partial charge in [-0.15, -0.1) is 0 Å². The van der Waals surface area contributed by atoms with Gasteiger partial charge in [-0.1, -0.05) is 32.3 Å². The summed E-state index contributed by atoms with van der Waals surface area (Å²) in [6.07, 6.45) is 5.63. The van der Waals surface area contributed by atoms with E-state index in [1.807, 2.05) is 13.0 Å². The van der Waals surface area contributed by atoms with Gasteiger partial charge in [0.05, 0.1) is 37.9 Å². The van der Waals surface area contributed by atoms with Gasteiger partial charge in [0.25, 0.3) is 0 Å². The number of rotatable bonds is 14. The number of carboxylic acid groups (broad SMARTS) is 1. The number of aliphatic carboxylic acids is 1. The number of carbonyl (C=O) groups is 1. The van der Waals surface area contributed by atoms with Gasteiger partial charge in [-0.2, -0.15) is 0 Å². The fraction of sp³-hybridized carbons (Fsp3) is 0.606. The summed E-state index contributed by atoms with van der Waals surface area (Å²) in [5, 5.41) is 45.0. The number of phenols is 2. The highest BCUT2D eigenvalue weighted by molar-refractivity contribution is 5.74. The molecule has 1 aliphatic carbocycles. The molecule has 2 aromatic carbocycles. The second kappa shape index (κ2) is 15.0. The Morgan fingerprint density at radius 1 is 1.05 bits per heavy atom. The van der Waals surface area contributed by atoms with Gasteiger partial charge < -0.3 is 44.7 Å². The van der Waals surface area contributed by atoms with Crippen LogP contribution in [0.4, 0.5) is 0 Å². The summed E-state index contributed by atoms with van der Waals surface area (Å²) in [7, 11) is 2.98. The molecule has 0 radical (unpaired) electrons. The van der Waals surface area contributed by atoms with Crippen LogP contribution in [-0.2, 0) is 16.0 Å². The molecule has 0 aromatic heterocycles. The third-order valence-corrected chi connectivity index (χ3v) is 8.87. The highest BCUT2D eigenvalue weighted by Crippen LogP contribution is 2.44. The van der Waals surface area contributed by atoms with E-state index in [1.54, 1.807) is 24.3 Å². The van der Waals surface area contributed by atoms with Crippen molar-refractivity contribution in [1.82, 2.24) is 5.32 Å². The Morgan fingerprint density at radius 2 is 1.77 bits per heavy atom. The van der Waals surface area contributed by atoms with Crippen LogP contribution in [0, 0.1) is 5.41 Å². The molecule has 2 fully saturated rings. The molecule has 4 atom stereocenters. The number of nitrogens with one attached hydrogen (secondary N) is 1. The number of aromatic hydroxyl groups is 2. The Bertz CT molecular complexity index is 1210. The van der Waals surface area contributed by atoms with Crippen molar-refractivity contribution in [2.45, 2.75) is 95.5 Å². The molecule has 4 rings (SSSR count). The maximum Gasteiger partial charge on any atom is 0.309 e. The van der Waals surface area contributed by atoms with Crippen molar-refractivity contribution in [1.29, 1.82) is 0 Å². The van der Waals surface area contributed by atoms with Gasteiger partial charge in [0.1, 0.15) is 6.61 Å². The predicted molar refractivity (Wildman–Crippen MR) is 161 cm³/mol. The zero-order valence-corrected chi connectivity index (χ0v) is 25.5. The Morgan fingerprint density at radius 3 is 2.44 bits per heavy atom. The van der Waals surface area contributed by atoms with Gasteiger partial charge in [0.15, 0.2) is 23.0 Å². The van der Waals surface area contributed by atoms with Crippen molar-refractivity contribution in [3.05, 3.63) is 41.5 Å². The van der Waals surface area contributed by atoms with Crippen molar-refractivity contribution in [3.8, 4) is 28.7 Å². The molecule has 0 bridgehead atoms. The zero-order valence-electron chi connectivity index (χ0n) is 25.5. The maximum atomic E-state index is 12.3. The molecular weight excluding hydrogens is 554 g/mol. The summed E-state index contributed by atoms with van der Waals surface area (Å²) in [5.41, 5.74) is 0.932. The number of likely N-dealkylation sites (N-methyl/N-ethyl adjacent to an activating group) is 1. The smallest absolute Gasteiger partial charge is 0.309 e. The van der Waals surface area contributed by atoms with Crippen LogP contribution in [-0.4, -0.2) is 72.0 Å². The number of hydrogen-bond donors (Lipinski definition) is 5. The van der Waals surface area contributed by atoms with Crippen molar-refractivity contribution in [2.75, 3.05) is 27.4 Å². The van der Waals surface area contributed by atoms with Crippen LogP contribution >= 0.6 is 0 Å². The lowest BCUT2D eigenvalue weighted by Gasteiger charge is -2.36. The Labute approximate surface area is 253 Å². The van der Waals surface area contributed by atoms with E-state index in [0.29, 0.717) is 62.8 Å². The largest absolute Gasteiger partial charge is 0.504 e. The van der Waals surface area contributed by atoms with Crippen molar-refractivity contribution in [3.63, 3.8) is 0 Å². The molecule has 238 valence electrons. The van der Waals surface area contributed by atoms with Crippen molar-refractivity contribution >= 4 is 5.97 Å². The average molecular weight is 602 g/mol. The molecule has 2 aliphatic rings. The number of phenolic OH excluding ortho intramolecular Hbond substituents is 2. The third kappa shape index (κ3) is 8.25. The predicted octanol–water partition coefficient (Wildman–Crippen LogP) is 5.11. The minimum atomic E-state index is -0.775. The summed E-state index contributed by atoms with van der Waals surface area (Å²) in [4.78, 5) is 12.3. The molecule has 0 amide bonds. The summed E-state index contributed by atoms with van der Waals surface area (Å²) in [6, 6.07) is 8.46.